The molecule has 0 atom stereocenters. The van der Waals surface area contributed by atoms with Crippen molar-refractivity contribution in [1.82, 2.24) is 4.98 Å². The number of nitrogens with zero attached hydrogens (tertiary/aromatic N) is 3. The molecule has 0 unspecified atom stereocenters. The monoisotopic (exact) mass is 560 g/mol. The molecule has 2 N–H and O–H groups in total. The highest BCUT2D eigenvalue weighted by Crippen LogP contribution is 2.27. The Morgan fingerprint density at radius 2 is 1.57 bits per heavy atom. The van der Waals surface area contributed by atoms with E-state index in [1.165, 1.54) is 29.5 Å². The number of carbonyl (C=O) groups is 1. The van der Waals surface area contributed by atoms with Gasteiger partial charge < -0.3 is 14.6 Å². The van der Waals surface area contributed by atoms with Crippen molar-refractivity contribution in [2.24, 2.45) is 5.10 Å². The van der Waals surface area contributed by atoms with Crippen molar-refractivity contribution in [2.75, 3.05) is 18.6 Å². The Hall–Kier alpha value is -4.77. The van der Waals surface area contributed by atoms with Crippen LogP contribution in [0.25, 0.3) is 11.3 Å². The number of ether oxygens (including phenoxy) is 2. The van der Waals surface area contributed by atoms with Crippen molar-refractivity contribution in [1.29, 1.82) is 0 Å². The summed E-state index contributed by atoms with van der Waals surface area (Å²) >= 11 is 1.27. The van der Waals surface area contributed by atoms with Gasteiger partial charge in [-0.05, 0) is 55.7 Å². The molecular weight excluding hydrogens is 532 g/mol. The van der Waals surface area contributed by atoms with Gasteiger partial charge in [0.05, 0.1) is 23.8 Å². The number of nitro groups is 1. The highest BCUT2D eigenvalue weighted by Gasteiger charge is 2.18. The van der Waals surface area contributed by atoms with E-state index in [4.69, 9.17) is 9.47 Å². The second-order valence-corrected chi connectivity index (χ2v) is 9.53. The van der Waals surface area contributed by atoms with E-state index < -0.39 is 10.9 Å². The summed E-state index contributed by atoms with van der Waals surface area (Å²) < 4.78 is 11.5. The highest BCUT2D eigenvalue weighted by atomic mass is 32.1. The van der Waals surface area contributed by atoms with Gasteiger partial charge in [0.15, 0.2) is 0 Å². The van der Waals surface area contributed by atoms with Crippen molar-refractivity contribution in [3.8, 4) is 22.8 Å². The first-order valence-corrected chi connectivity index (χ1v) is 13.5. The number of hydrogen-bond acceptors (Lipinski definition) is 9. The van der Waals surface area contributed by atoms with Crippen LogP contribution in [0.3, 0.4) is 0 Å². The van der Waals surface area contributed by atoms with Crippen molar-refractivity contribution in [2.45, 2.75) is 25.7 Å². The Bertz CT molecular complexity index is 1440. The maximum absolute atomic E-state index is 11.7. The molecule has 0 aliphatic heterocycles. The summed E-state index contributed by atoms with van der Waals surface area (Å²) in [5.41, 5.74) is 4.07. The van der Waals surface area contributed by atoms with Crippen LogP contribution in [-0.2, 0) is 11.2 Å². The molecule has 3 aromatic carbocycles. The third-order valence-electron chi connectivity index (χ3n) is 5.80. The maximum atomic E-state index is 11.7. The number of aliphatic carboxylic acids is 1. The molecule has 0 bridgehead atoms. The minimum atomic E-state index is -1.28. The lowest BCUT2D eigenvalue weighted by atomic mass is 10.1. The van der Waals surface area contributed by atoms with Crippen LogP contribution in [0, 0.1) is 10.1 Å². The average Bonchev–Trinajstić information content (AvgIpc) is 3.44. The first kappa shape index (κ1) is 28.2. The third kappa shape index (κ3) is 8.37. The molecular formula is C29H28N4O6S. The van der Waals surface area contributed by atoms with Crippen molar-refractivity contribution >= 4 is 33.8 Å². The number of nitro benzene ring substituents is 1. The number of nitrogens with one attached hydrogen (secondary N) is 1. The molecule has 0 spiro atoms. The fourth-order valence-electron chi connectivity index (χ4n) is 3.75. The minimum absolute atomic E-state index is 0.158. The van der Waals surface area contributed by atoms with Crippen LogP contribution < -0.4 is 14.9 Å². The van der Waals surface area contributed by atoms with E-state index in [1.54, 1.807) is 6.07 Å². The van der Waals surface area contributed by atoms with Gasteiger partial charge in [0.1, 0.15) is 17.2 Å². The van der Waals surface area contributed by atoms with Crippen molar-refractivity contribution in [3.63, 3.8) is 0 Å². The zero-order chi connectivity index (χ0) is 28.2. The summed E-state index contributed by atoms with van der Waals surface area (Å²) in [6.07, 6.45) is 2.69. The fraction of sp³-hybridized carbons (Fsp3) is 0.207. The highest BCUT2D eigenvalue weighted by molar-refractivity contribution is 7.14. The zero-order valence-corrected chi connectivity index (χ0v) is 22.4. The quantitative estimate of drug-likeness (QED) is 0.0733. The first-order chi connectivity index (χ1) is 19.5. The Morgan fingerprint density at radius 3 is 2.25 bits per heavy atom. The van der Waals surface area contributed by atoms with E-state index in [0.29, 0.717) is 24.0 Å². The summed E-state index contributed by atoms with van der Waals surface area (Å²) in [5.74, 6) is 0.373. The summed E-state index contributed by atoms with van der Waals surface area (Å²) in [6, 6.07) is 23.3. The van der Waals surface area contributed by atoms with Gasteiger partial charge in [0.25, 0.3) is 5.69 Å². The number of carboxylic acids is 1. The lowest BCUT2D eigenvalue weighted by Crippen LogP contribution is -2.18. The van der Waals surface area contributed by atoms with Crippen LogP contribution in [0.5, 0.6) is 11.5 Å². The standard InChI is InChI=1S/C29H28N4O6S/c34-28(35)25(19-22-9-5-6-12-27(22)33(36)37)31-32-29-30-26(20-40-29)21-13-15-24(16-14-21)39-18-8-2-7-17-38-23-10-3-1-4-11-23/h1,3-6,9-16,20H,2,7-8,17-19H2,(H,30,32)(H,34,35)/b31-25-. The maximum Gasteiger partial charge on any atom is 0.352 e. The molecule has 0 saturated carbocycles. The zero-order valence-electron chi connectivity index (χ0n) is 21.6. The Morgan fingerprint density at radius 1 is 0.925 bits per heavy atom. The SMILES string of the molecule is O=C(O)/C(Cc1ccccc1[N+](=O)[O-])=N\Nc1nc(-c2ccc(OCCCCCOc3ccccc3)cc2)cs1. The Balaban J connectivity index is 1.24. The largest absolute Gasteiger partial charge is 0.494 e. The summed E-state index contributed by atoms with van der Waals surface area (Å²) in [4.78, 5) is 26.8. The van der Waals surface area contributed by atoms with Crippen LogP contribution in [0.2, 0.25) is 0 Å². The van der Waals surface area contributed by atoms with Gasteiger partial charge in [0, 0.05) is 29.0 Å². The molecule has 0 saturated heterocycles. The van der Waals surface area contributed by atoms with E-state index in [0.717, 1.165) is 36.3 Å². The van der Waals surface area contributed by atoms with Gasteiger partial charge in [-0.1, -0.05) is 36.4 Å². The lowest BCUT2D eigenvalue weighted by Gasteiger charge is -2.08. The van der Waals surface area contributed by atoms with E-state index >= 15 is 0 Å². The lowest BCUT2D eigenvalue weighted by molar-refractivity contribution is -0.385. The topological polar surface area (TPSA) is 136 Å². The van der Waals surface area contributed by atoms with Gasteiger partial charge in [-0.25, -0.2) is 9.78 Å². The number of rotatable bonds is 15. The van der Waals surface area contributed by atoms with Gasteiger partial charge in [-0.15, -0.1) is 11.3 Å². The molecule has 0 aliphatic rings. The molecule has 206 valence electrons. The average molecular weight is 561 g/mol. The van der Waals surface area contributed by atoms with Crippen LogP contribution >= 0.6 is 11.3 Å². The van der Waals surface area contributed by atoms with Gasteiger partial charge in [-0.2, -0.15) is 5.10 Å². The molecule has 40 heavy (non-hydrogen) atoms. The normalized spacial score (nSPS) is 11.2. The second kappa shape index (κ2) is 14.4. The van der Waals surface area contributed by atoms with E-state index in [9.17, 15) is 20.0 Å². The predicted molar refractivity (Wildman–Crippen MR) is 154 cm³/mol. The number of hydrazone groups is 1. The molecule has 4 aromatic rings. The van der Waals surface area contributed by atoms with E-state index in [2.05, 4.69) is 15.5 Å². The molecule has 0 radical (unpaired) electrons. The number of unbranched alkanes of at least 4 members (excludes halogenated alkanes) is 2. The first-order valence-electron chi connectivity index (χ1n) is 12.6. The van der Waals surface area contributed by atoms with Gasteiger partial charge in [0.2, 0.25) is 5.13 Å². The second-order valence-electron chi connectivity index (χ2n) is 8.67. The van der Waals surface area contributed by atoms with Crippen LogP contribution in [-0.4, -0.2) is 39.9 Å². The number of aromatic nitrogens is 1. The van der Waals surface area contributed by atoms with E-state index in [1.807, 2.05) is 60.0 Å². The smallest absolute Gasteiger partial charge is 0.352 e. The summed E-state index contributed by atoms with van der Waals surface area (Å²) in [6.45, 7) is 1.30. The number of carboxylic acid groups (broad SMARTS) is 1. The molecule has 1 aromatic heterocycles. The number of thiazole rings is 1. The molecule has 10 nitrogen and oxygen atoms in total. The Labute approximate surface area is 235 Å². The van der Waals surface area contributed by atoms with Crippen LogP contribution in [0.15, 0.2) is 89.3 Å². The van der Waals surface area contributed by atoms with Gasteiger partial charge in [-0.3, -0.25) is 15.5 Å². The summed E-state index contributed by atoms with van der Waals surface area (Å²) in [5, 5.41) is 26.9. The number of hydrogen-bond donors (Lipinski definition) is 2. The molecule has 0 aliphatic carbocycles. The summed E-state index contributed by atoms with van der Waals surface area (Å²) in [7, 11) is 0. The number of anilines is 1. The predicted octanol–water partition coefficient (Wildman–Crippen LogP) is 6.44. The fourth-order valence-corrected chi connectivity index (χ4v) is 4.42. The molecule has 0 amide bonds. The van der Waals surface area contributed by atoms with Crippen molar-refractivity contribution < 1.29 is 24.3 Å². The molecule has 0 fully saturated rings. The number of benzene rings is 3. The van der Waals surface area contributed by atoms with Crippen LogP contribution in [0.1, 0.15) is 24.8 Å². The van der Waals surface area contributed by atoms with Crippen molar-refractivity contribution in [3.05, 3.63) is 99.9 Å². The third-order valence-corrected chi connectivity index (χ3v) is 6.55. The molecule has 1 heterocycles. The minimum Gasteiger partial charge on any atom is -0.494 e. The van der Waals surface area contributed by atoms with Crippen LogP contribution in [0.4, 0.5) is 10.8 Å². The molecule has 4 rings (SSSR count). The van der Waals surface area contributed by atoms with E-state index in [-0.39, 0.29) is 23.4 Å². The Kier molecular flexibility index (Phi) is 10.2. The van der Waals surface area contributed by atoms with Gasteiger partial charge >= 0.3 is 5.97 Å². The number of para-hydroxylation sites is 2. The molecule has 11 heteroatoms.